The highest BCUT2D eigenvalue weighted by atomic mass is 16.5. The van der Waals surface area contributed by atoms with E-state index in [4.69, 9.17) is 4.74 Å². The van der Waals surface area contributed by atoms with Crippen LogP contribution in [-0.4, -0.2) is 31.8 Å². The molecule has 154 valence electrons. The van der Waals surface area contributed by atoms with E-state index in [1.807, 2.05) is 0 Å². The van der Waals surface area contributed by atoms with Crippen molar-refractivity contribution >= 4 is 11.8 Å². The van der Waals surface area contributed by atoms with Crippen LogP contribution in [-0.2, 0) is 17.4 Å². The van der Waals surface area contributed by atoms with Gasteiger partial charge in [0.1, 0.15) is 5.75 Å². The number of hydrogen-bond donors (Lipinski definition) is 0. The van der Waals surface area contributed by atoms with Gasteiger partial charge >= 0.3 is 0 Å². The van der Waals surface area contributed by atoms with Crippen molar-refractivity contribution in [1.82, 2.24) is 4.90 Å². The van der Waals surface area contributed by atoms with E-state index in [9.17, 15) is 0 Å². The molecule has 0 saturated carbocycles. The maximum Gasteiger partial charge on any atom is 0.211 e. The minimum absolute atomic E-state index is 0.0960. The van der Waals surface area contributed by atoms with E-state index in [1.54, 1.807) is 0 Å². The number of likely N-dealkylation sites (N-methyl/N-ethyl adjacent to an activating group) is 1. The standard InChI is InChI=1S/C26H34N2O/c1-24(2,3)20-15-18-13-14-26(29-23(18)19(16-20)17-27(6)7)25(4,5)21-11-9-10-12-22(21)28(26)8/h9-16H,17H2,1-8H3. The lowest BCUT2D eigenvalue weighted by atomic mass is 9.76. The molecular weight excluding hydrogens is 356 g/mol. The van der Waals surface area contributed by atoms with E-state index in [0.29, 0.717) is 0 Å². The van der Waals surface area contributed by atoms with Crippen LogP contribution in [0.5, 0.6) is 5.75 Å². The molecule has 0 N–H and O–H groups in total. The minimum atomic E-state index is -0.534. The molecule has 2 aliphatic rings. The molecule has 0 bridgehead atoms. The minimum Gasteiger partial charge on any atom is -0.462 e. The van der Waals surface area contributed by atoms with Gasteiger partial charge in [-0.1, -0.05) is 45.0 Å². The number of rotatable bonds is 2. The van der Waals surface area contributed by atoms with Gasteiger partial charge in [-0.05, 0) is 68.8 Å². The SMILES string of the molecule is CN(C)Cc1cc(C(C)(C)C)cc2c1OC1(C=C2)N(C)c2ccccc2C1(C)C. The van der Waals surface area contributed by atoms with Crippen LogP contribution in [0.25, 0.3) is 6.08 Å². The Morgan fingerprint density at radius 3 is 2.38 bits per heavy atom. The first-order valence-corrected chi connectivity index (χ1v) is 10.5. The highest BCUT2D eigenvalue weighted by Crippen LogP contribution is 2.54. The second-order valence-corrected chi connectivity index (χ2v) is 10.4. The van der Waals surface area contributed by atoms with Crippen LogP contribution in [0.1, 0.15) is 56.9 Å². The second kappa shape index (κ2) is 6.37. The van der Waals surface area contributed by atoms with E-state index in [2.05, 4.69) is 114 Å². The average molecular weight is 391 g/mol. The molecule has 2 aromatic carbocycles. The molecule has 2 aromatic rings. The van der Waals surface area contributed by atoms with Gasteiger partial charge in [-0.25, -0.2) is 0 Å². The molecule has 0 aliphatic carbocycles. The Morgan fingerprint density at radius 1 is 1.07 bits per heavy atom. The van der Waals surface area contributed by atoms with Crippen LogP contribution >= 0.6 is 0 Å². The first-order valence-electron chi connectivity index (χ1n) is 10.5. The second-order valence-electron chi connectivity index (χ2n) is 10.4. The van der Waals surface area contributed by atoms with E-state index >= 15 is 0 Å². The largest absolute Gasteiger partial charge is 0.462 e. The van der Waals surface area contributed by atoms with Crippen molar-refractivity contribution in [3.8, 4) is 5.75 Å². The maximum absolute atomic E-state index is 7.00. The van der Waals surface area contributed by atoms with Crippen molar-refractivity contribution in [1.29, 1.82) is 0 Å². The highest BCUT2D eigenvalue weighted by Gasteiger charge is 2.57. The summed E-state index contributed by atoms with van der Waals surface area (Å²) in [6.07, 6.45) is 4.54. The van der Waals surface area contributed by atoms with Crippen molar-refractivity contribution in [3.63, 3.8) is 0 Å². The van der Waals surface area contributed by atoms with Gasteiger partial charge in [0.25, 0.3) is 0 Å². The van der Waals surface area contributed by atoms with Gasteiger partial charge in [0.05, 0.1) is 5.41 Å². The smallest absolute Gasteiger partial charge is 0.211 e. The Kier molecular flexibility index (Phi) is 4.40. The van der Waals surface area contributed by atoms with Crippen molar-refractivity contribution in [2.45, 2.75) is 57.7 Å². The molecule has 2 aliphatic heterocycles. The number of para-hydroxylation sites is 1. The number of benzene rings is 2. The molecule has 1 atom stereocenters. The van der Waals surface area contributed by atoms with Crippen LogP contribution in [0.15, 0.2) is 42.5 Å². The summed E-state index contributed by atoms with van der Waals surface area (Å²) >= 11 is 0. The number of hydrogen-bond acceptors (Lipinski definition) is 3. The van der Waals surface area contributed by atoms with Crippen molar-refractivity contribution in [2.75, 3.05) is 26.0 Å². The molecule has 0 saturated heterocycles. The summed E-state index contributed by atoms with van der Waals surface area (Å²) in [4.78, 5) is 4.52. The molecule has 0 fully saturated rings. The third-order valence-corrected chi connectivity index (χ3v) is 6.63. The van der Waals surface area contributed by atoms with Gasteiger partial charge in [-0.2, -0.15) is 0 Å². The monoisotopic (exact) mass is 390 g/mol. The number of anilines is 1. The van der Waals surface area contributed by atoms with Crippen LogP contribution in [0.2, 0.25) is 0 Å². The average Bonchev–Trinajstić information content (AvgIpc) is 2.80. The molecule has 29 heavy (non-hydrogen) atoms. The lowest BCUT2D eigenvalue weighted by molar-refractivity contribution is 0.0565. The Labute approximate surface area is 176 Å². The normalized spacial score (nSPS) is 22.0. The zero-order valence-electron chi connectivity index (χ0n) is 19.1. The number of nitrogens with zero attached hydrogens (tertiary/aromatic N) is 2. The third kappa shape index (κ3) is 2.90. The van der Waals surface area contributed by atoms with Crippen LogP contribution in [0, 0.1) is 0 Å². The molecule has 3 nitrogen and oxygen atoms in total. The van der Waals surface area contributed by atoms with E-state index < -0.39 is 5.72 Å². The molecule has 4 rings (SSSR count). The van der Waals surface area contributed by atoms with Crippen LogP contribution in [0.4, 0.5) is 5.69 Å². The Morgan fingerprint density at radius 2 is 1.76 bits per heavy atom. The van der Waals surface area contributed by atoms with Gasteiger partial charge in [0.15, 0.2) is 0 Å². The van der Waals surface area contributed by atoms with Gasteiger partial charge in [-0.3, -0.25) is 0 Å². The van der Waals surface area contributed by atoms with E-state index in [0.717, 1.165) is 12.3 Å². The summed E-state index contributed by atoms with van der Waals surface area (Å²) in [6, 6.07) is 13.3. The highest BCUT2D eigenvalue weighted by molar-refractivity contribution is 5.73. The topological polar surface area (TPSA) is 15.7 Å². The lowest BCUT2D eigenvalue weighted by Crippen LogP contribution is -2.58. The number of ether oxygens (including phenoxy) is 1. The summed E-state index contributed by atoms with van der Waals surface area (Å²) in [5, 5.41) is 0. The molecule has 1 unspecified atom stereocenters. The van der Waals surface area contributed by atoms with Crippen molar-refractivity contribution < 1.29 is 4.74 Å². The van der Waals surface area contributed by atoms with Gasteiger partial charge in [-0.15, -0.1) is 0 Å². The van der Waals surface area contributed by atoms with E-state index in [-0.39, 0.29) is 10.8 Å². The van der Waals surface area contributed by atoms with E-state index in [1.165, 1.54) is 27.9 Å². The summed E-state index contributed by atoms with van der Waals surface area (Å²) in [5.41, 5.74) is 5.74. The predicted octanol–water partition coefficient (Wildman–Crippen LogP) is 5.58. The first kappa shape index (κ1) is 20.0. The molecular formula is C26H34N2O. The Bertz CT molecular complexity index is 981. The maximum atomic E-state index is 7.00. The van der Waals surface area contributed by atoms with Crippen LogP contribution in [0.3, 0.4) is 0 Å². The first-order chi connectivity index (χ1) is 13.5. The Balaban J connectivity index is 1.88. The van der Waals surface area contributed by atoms with Crippen LogP contribution < -0.4 is 9.64 Å². The fourth-order valence-electron chi connectivity index (χ4n) is 4.85. The molecule has 3 heteroatoms. The molecule has 1 spiro atoms. The predicted molar refractivity (Wildman–Crippen MR) is 123 cm³/mol. The summed E-state index contributed by atoms with van der Waals surface area (Å²) in [5.74, 6) is 1.02. The fraction of sp³-hybridized carbons (Fsp3) is 0.462. The van der Waals surface area contributed by atoms with Gasteiger partial charge < -0.3 is 14.5 Å². The van der Waals surface area contributed by atoms with Gasteiger partial charge in [0.2, 0.25) is 5.72 Å². The summed E-state index contributed by atoms with van der Waals surface area (Å²) in [7, 11) is 6.39. The quantitative estimate of drug-likeness (QED) is 0.666. The fourth-order valence-corrected chi connectivity index (χ4v) is 4.85. The number of fused-ring (bicyclic) bond motifs is 2. The third-order valence-electron chi connectivity index (χ3n) is 6.63. The summed E-state index contributed by atoms with van der Waals surface area (Å²) in [6.45, 7) is 12.3. The van der Waals surface area contributed by atoms with Crippen molar-refractivity contribution in [2.24, 2.45) is 0 Å². The zero-order valence-corrected chi connectivity index (χ0v) is 19.1. The summed E-state index contributed by atoms with van der Waals surface area (Å²) < 4.78 is 7.00. The molecule has 0 amide bonds. The lowest BCUT2D eigenvalue weighted by Gasteiger charge is -2.46. The molecule has 2 heterocycles. The zero-order chi connectivity index (χ0) is 21.2. The molecule has 0 aromatic heterocycles. The Hall–Kier alpha value is -2.26. The molecule has 0 radical (unpaired) electrons. The van der Waals surface area contributed by atoms with Crippen molar-refractivity contribution in [3.05, 3.63) is 64.7 Å². The van der Waals surface area contributed by atoms with Gasteiger partial charge in [0, 0.05) is 30.4 Å².